The quantitative estimate of drug-likeness (QED) is 0.811. The lowest BCUT2D eigenvalue weighted by atomic mass is 9.94. The number of fused-ring (bicyclic) bond motifs is 1. The number of carbonyl (C=O) groups is 4. The van der Waals surface area contributed by atoms with E-state index in [9.17, 15) is 19.2 Å². The van der Waals surface area contributed by atoms with Gasteiger partial charge in [0.15, 0.2) is 0 Å². The van der Waals surface area contributed by atoms with Crippen LogP contribution >= 0.6 is 0 Å². The highest BCUT2D eigenvalue weighted by Gasteiger charge is 2.40. The molecule has 7 heteroatoms. The summed E-state index contributed by atoms with van der Waals surface area (Å²) in [7, 11) is 0. The molecule has 0 aromatic heterocycles. The normalized spacial score (nSPS) is 18.8. The average Bonchev–Trinajstić information content (AvgIpc) is 2.86. The zero-order chi connectivity index (χ0) is 18.1. The second-order valence-corrected chi connectivity index (χ2v) is 6.57. The molecule has 1 aliphatic heterocycles. The van der Waals surface area contributed by atoms with Crippen LogP contribution in [-0.4, -0.2) is 45.8 Å². The number of rotatable bonds is 4. The minimum atomic E-state index is -1.15. The lowest BCUT2D eigenvalue weighted by molar-refractivity contribution is -0.138. The number of hydrogen-bond donors (Lipinski definition) is 2. The third kappa shape index (κ3) is 3.14. The van der Waals surface area contributed by atoms with Crippen LogP contribution < -0.4 is 5.32 Å². The maximum Gasteiger partial charge on any atom is 0.325 e. The number of benzene rings is 1. The molecule has 132 valence electrons. The van der Waals surface area contributed by atoms with Gasteiger partial charge in [-0.1, -0.05) is 19.3 Å². The van der Waals surface area contributed by atoms with Gasteiger partial charge >= 0.3 is 5.97 Å². The number of carboxylic acid groups (broad SMARTS) is 1. The molecule has 3 amide bonds. The summed E-state index contributed by atoms with van der Waals surface area (Å²) in [5.74, 6) is -2.41. The Kier molecular flexibility index (Phi) is 4.57. The first-order valence-electron chi connectivity index (χ1n) is 8.45. The van der Waals surface area contributed by atoms with Gasteiger partial charge in [0.05, 0.1) is 11.1 Å². The van der Waals surface area contributed by atoms with Gasteiger partial charge in [-0.2, -0.15) is 0 Å². The molecule has 3 rings (SSSR count). The fourth-order valence-electron chi connectivity index (χ4n) is 3.41. The number of nitrogens with zero attached hydrogens (tertiary/aromatic N) is 1. The van der Waals surface area contributed by atoms with Crippen LogP contribution in [0.3, 0.4) is 0 Å². The number of aliphatic carboxylic acids is 1. The fraction of sp³-hybridized carbons (Fsp3) is 0.444. The van der Waals surface area contributed by atoms with Crippen LogP contribution in [0.4, 0.5) is 0 Å². The number of imide groups is 1. The Hall–Kier alpha value is -2.70. The van der Waals surface area contributed by atoms with Crippen LogP contribution in [0.2, 0.25) is 0 Å². The molecule has 0 saturated heterocycles. The molecule has 2 N–H and O–H groups in total. The van der Waals surface area contributed by atoms with Crippen molar-refractivity contribution < 1.29 is 24.3 Å². The number of carboxylic acids is 1. The second kappa shape index (κ2) is 6.66. The van der Waals surface area contributed by atoms with Crippen LogP contribution in [0.25, 0.3) is 0 Å². The molecule has 0 unspecified atom stereocenters. The summed E-state index contributed by atoms with van der Waals surface area (Å²) in [5.41, 5.74) is 0.683. The molecule has 0 radical (unpaired) electrons. The van der Waals surface area contributed by atoms with Crippen LogP contribution in [0, 0.1) is 0 Å². The zero-order valence-electron chi connectivity index (χ0n) is 13.9. The van der Waals surface area contributed by atoms with Gasteiger partial charge in [0, 0.05) is 11.6 Å². The molecule has 1 atom stereocenters. The Labute approximate surface area is 145 Å². The van der Waals surface area contributed by atoms with Crippen molar-refractivity contribution in [2.24, 2.45) is 0 Å². The lowest BCUT2D eigenvalue weighted by Gasteiger charge is -2.29. The first-order chi connectivity index (χ1) is 11.9. The molecule has 0 bridgehead atoms. The number of carbonyl (C=O) groups excluding carboxylic acids is 3. The summed E-state index contributed by atoms with van der Waals surface area (Å²) in [4.78, 5) is 49.6. The standard InChI is InChI=1S/C18H20N2O5/c1-10(18(24)25)19-15(21)11-7-8-13-14(9-11)17(23)20(16(13)22)12-5-3-2-4-6-12/h7-10,12H,2-6H2,1H3,(H,19,21)(H,24,25)/t10-/m0/s1. The SMILES string of the molecule is C[C@H](NC(=O)c1ccc2c(c1)C(=O)N(C1CCCCC1)C2=O)C(=O)O. The van der Waals surface area contributed by atoms with Gasteiger partial charge in [0.2, 0.25) is 0 Å². The highest BCUT2D eigenvalue weighted by atomic mass is 16.4. The Balaban J connectivity index is 1.84. The summed E-state index contributed by atoms with van der Waals surface area (Å²) in [5, 5.41) is 11.2. The minimum absolute atomic E-state index is 0.0783. The Morgan fingerprint density at radius 3 is 2.40 bits per heavy atom. The van der Waals surface area contributed by atoms with E-state index in [0.717, 1.165) is 32.1 Å². The smallest absolute Gasteiger partial charge is 0.325 e. The van der Waals surface area contributed by atoms with E-state index in [4.69, 9.17) is 5.11 Å². The Morgan fingerprint density at radius 2 is 1.76 bits per heavy atom. The highest BCUT2D eigenvalue weighted by Crippen LogP contribution is 2.31. The van der Waals surface area contributed by atoms with Gasteiger partial charge in [-0.15, -0.1) is 0 Å². The zero-order valence-corrected chi connectivity index (χ0v) is 13.9. The van der Waals surface area contributed by atoms with E-state index in [-0.39, 0.29) is 29.0 Å². The molecular formula is C18H20N2O5. The van der Waals surface area contributed by atoms with Gasteiger partial charge in [0.25, 0.3) is 17.7 Å². The van der Waals surface area contributed by atoms with E-state index < -0.39 is 17.9 Å². The minimum Gasteiger partial charge on any atom is -0.480 e. The van der Waals surface area contributed by atoms with Crippen molar-refractivity contribution in [1.82, 2.24) is 10.2 Å². The molecule has 1 aromatic rings. The van der Waals surface area contributed by atoms with Crippen molar-refractivity contribution in [3.8, 4) is 0 Å². The molecule has 7 nitrogen and oxygen atoms in total. The molecule has 1 saturated carbocycles. The third-order valence-electron chi connectivity index (χ3n) is 4.84. The predicted molar refractivity (Wildman–Crippen MR) is 88.4 cm³/mol. The predicted octanol–water partition coefficient (Wildman–Crippen LogP) is 1.82. The molecule has 1 aliphatic carbocycles. The van der Waals surface area contributed by atoms with Gasteiger partial charge in [0.1, 0.15) is 6.04 Å². The molecular weight excluding hydrogens is 324 g/mol. The Bertz CT molecular complexity index is 752. The van der Waals surface area contributed by atoms with Crippen molar-refractivity contribution in [2.45, 2.75) is 51.1 Å². The monoisotopic (exact) mass is 344 g/mol. The molecule has 1 aromatic carbocycles. The summed E-state index contributed by atoms with van der Waals surface area (Å²) >= 11 is 0. The maximum absolute atomic E-state index is 12.7. The summed E-state index contributed by atoms with van der Waals surface area (Å²) in [6.45, 7) is 1.35. The number of nitrogens with one attached hydrogen (secondary N) is 1. The van der Waals surface area contributed by atoms with E-state index in [1.54, 1.807) is 0 Å². The van der Waals surface area contributed by atoms with Crippen LogP contribution in [0.5, 0.6) is 0 Å². The lowest BCUT2D eigenvalue weighted by Crippen LogP contribution is -2.40. The first kappa shape index (κ1) is 17.1. The van der Waals surface area contributed by atoms with Crippen molar-refractivity contribution >= 4 is 23.7 Å². The van der Waals surface area contributed by atoms with Crippen molar-refractivity contribution in [1.29, 1.82) is 0 Å². The van der Waals surface area contributed by atoms with E-state index in [0.29, 0.717) is 5.56 Å². The van der Waals surface area contributed by atoms with Crippen molar-refractivity contribution in [3.63, 3.8) is 0 Å². The average molecular weight is 344 g/mol. The van der Waals surface area contributed by atoms with Crippen LogP contribution in [-0.2, 0) is 4.79 Å². The first-order valence-corrected chi connectivity index (χ1v) is 8.45. The third-order valence-corrected chi connectivity index (χ3v) is 4.84. The Morgan fingerprint density at radius 1 is 1.12 bits per heavy atom. The van der Waals surface area contributed by atoms with E-state index >= 15 is 0 Å². The summed E-state index contributed by atoms with van der Waals surface area (Å²) < 4.78 is 0. The maximum atomic E-state index is 12.7. The molecule has 1 fully saturated rings. The molecule has 1 heterocycles. The van der Waals surface area contributed by atoms with Gasteiger partial charge in [-0.05, 0) is 38.0 Å². The molecule has 25 heavy (non-hydrogen) atoms. The molecule has 2 aliphatic rings. The summed E-state index contributed by atoms with van der Waals surface area (Å²) in [6, 6.07) is 3.17. The van der Waals surface area contributed by atoms with E-state index in [1.807, 2.05) is 0 Å². The van der Waals surface area contributed by atoms with Crippen LogP contribution in [0.1, 0.15) is 70.1 Å². The fourth-order valence-corrected chi connectivity index (χ4v) is 3.41. The highest BCUT2D eigenvalue weighted by molar-refractivity contribution is 6.22. The van der Waals surface area contributed by atoms with E-state index in [2.05, 4.69) is 5.32 Å². The van der Waals surface area contributed by atoms with Crippen molar-refractivity contribution in [2.75, 3.05) is 0 Å². The number of hydrogen-bond acceptors (Lipinski definition) is 4. The second-order valence-electron chi connectivity index (χ2n) is 6.57. The van der Waals surface area contributed by atoms with Crippen LogP contribution in [0.15, 0.2) is 18.2 Å². The van der Waals surface area contributed by atoms with Gasteiger partial charge < -0.3 is 10.4 Å². The van der Waals surface area contributed by atoms with E-state index in [1.165, 1.54) is 30.0 Å². The van der Waals surface area contributed by atoms with Gasteiger partial charge in [-0.3, -0.25) is 24.1 Å². The summed E-state index contributed by atoms with van der Waals surface area (Å²) in [6.07, 6.45) is 4.74. The van der Waals surface area contributed by atoms with Gasteiger partial charge in [-0.25, -0.2) is 0 Å². The topological polar surface area (TPSA) is 104 Å². The van der Waals surface area contributed by atoms with Crippen molar-refractivity contribution in [3.05, 3.63) is 34.9 Å². The largest absolute Gasteiger partial charge is 0.480 e. The molecule has 0 spiro atoms. The number of amides is 3.